The normalized spacial score (nSPS) is 20.3. The Labute approximate surface area is 184 Å². The number of nitrogens with zero attached hydrogens (tertiary/aromatic N) is 1. The number of aliphatic carboxylic acids is 1. The van der Waals surface area contributed by atoms with Crippen molar-refractivity contribution in [3.05, 3.63) is 60.9 Å². The van der Waals surface area contributed by atoms with Crippen molar-refractivity contribution in [3.63, 3.8) is 0 Å². The molecule has 1 unspecified atom stereocenters. The van der Waals surface area contributed by atoms with Gasteiger partial charge in [0.1, 0.15) is 5.75 Å². The van der Waals surface area contributed by atoms with Crippen molar-refractivity contribution in [2.24, 2.45) is 5.41 Å². The Bertz CT molecular complexity index is 1050. The van der Waals surface area contributed by atoms with E-state index in [1.54, 1.807) is 12.1 Å². The maximum atomic E-state index is 13.5. The summed E-state index contributed by atoms with van der Waals surface area (Å²) in [4.78, 5) is 13.0. The molecule has 1 heterocycles. The number of hydrogen-bond donors (Lipinski definition) is 1. The van der Waals surface area contributed by atoms with Crippen molar-refractivity contribution < 1.29 is 23.1 Å². The van der Waals surface area contributed by atoms with Gasteiger partial charge >= 0.3 is 5.97 Å². The van der Waals surface area contributed by atoms with Crippen LogP contribution < -0.4 is 9.64 Å². The van der Waals surface area contributed by atoms with Gasteiger partial charge in [-0.05, 0) is 37.1 Å². The average molecular weight is 444 g/mol. The third kappa shape index (κ3) is 5.28. The standard InChI is InChI=1S/C24H29NO5S/c1-3-5-14-24(4-2)17-25(19-9-7-6-8-10-19)21-12-11-20(30-15-13-23(26)27)16-22(21)31(28,29)18-24/h6-13,15-16H,3-5,14,17-18H2,1-2H3,(H,26,27). The van der Waals surface area contributed by atoms with Crippen LogP contribution in [-0.2, 0) is 14.6 Å². The summed E-state index contributed by atoms with van der Waals surface area (Å²) in [6.45, 7) is 4.79. The van der Waals surface area contributed by atoms with Crippen molar-refractivity contribution in [2.75, 3.05) is 17.2 Å². The van der Waals surface area contributed by atoms with Crippen molar-refractivity contribution in [3.8, 4) is 5.75 Å². The van der Waals surface area contributed by atoms with Crippen LogP contribution in [-0.4, -0.2) is 31.8 Å². The second-order valence-corrected chi connectivity index (χ2v) is 9.98. The van der Waals surface area contributed by atoms with E-state index in [1.807, 2.05) is 30.3 Å². The first kappa shape index (κ1) is 22.9. The van der Waals surface area contributed by atoms with Crippen LogP contribution >= 0.6 is 0 Å². The van der Waals surface area contributed by atoms with E-state index in [0.29, 0.717) is 12.2 Å². The summed E-state index contributed by atoms with van der Waals surface area (Å²) in [5, 5.41) is 8.75. The van der Waals surface area contributed by atoms with E-state index in [1.165, 1.54) is 6.07 Å². The SMILES string of the molecule is CCCCC1(CC)CN(c2ccccc2)c2ccc(OC=CC(=O)O)cc2S(=O)(=O)C1. The van der Waals surface area contributed by atoms with Gasteiger partial charge in [-0.1, -0.05) is 44.9 Å². The molecule has 31 heavy (non-hydrogen) atoms. The highest BCUT2D eigenvalue weighted by Crippen LogP contribution is 2.44. The molecule has 166 valence electrons. The van der Waals surface area contributed by atoms with E-state index < -0.39 is 15.8 Å². The molecule has 0 aliphatic carbocycles. The van der Waals surface area contributed by atoms with Crippen LogP contribution in [0.2, 0.25) is 0 Å². The van der Waals surface area contributed by atoms with Gasteiger partial charge in [-0.25, -0.2) is 13.2 Å². The number of carboxylic acids is 1. The minimum absolute atomic E-state index is 0.0707. The lowest BCUT2D eigenvalue weighted by Gasteiger charge is -2.36. The lowest BCUT2D eigenvalue weighted by atomic mass is 9.81. The molecular formula is C24H29NO5S. The first-order chi connectivity index (χ1) is 14.8. The van der Waals surface area contributed by atoms with Gasteiger partial charge in [-0.2, -0.15) is 0 Å². The molecule has 1 aliphatic heterocycles. The summed E-state index contributed by atoms with van der Waals surface area (Å²) in [5.74, 6) is -0.784. The molecule has 6 nitrogen and oxygen atoms in total. The second-order valence-electron chi connectivity index (χ2n) is 8.03. The van der Waals surface area contributed by atoms with Crippen LogP contribution in [0.4, 0.5) is 11.4 Å². The molecule has 0 saturated heterocycles. The third-order valence-corrected chi connectivity index (χ3v) is 7.83. The zero-order valence-electron chi connectivity index (χ0n) is 18.0. The molecule has 3 rings (SSSR count). The van der Waals surface area contributed by atoms with Crippen LogP contribution in [0.25, 0.3) is 0 Å². The molecule has 7 heteroatoms. The van der Waals surface area contributed by atoms with E-state index in [-0.39, 0.29) is 21.8 Å². The summed E-state index contributed by atoms with van der Waals surface area (Å²) in [5.41, 5.74) is 1.19. The Morgan fingerprint density at radius 2 is 1.94 bits per heavy atom. The number of carboxylic acid groups (broad SMARTS) is 1. The Kier molecular flexibility index (Phi) is 7.05. The summed E-state index contributed by atoms with van der Waals surface area (Å²) in [7, 11) is -3.60. The van der Waals surface area contributed by atoms with Crippen LogP contribution in [0, 0.1) is 5.41 Å². The molecule has 0 aromatic heterocycles. The van der Waals surface area contributed by atoms with Crippen molar-refractivity contribution in [2.45, 2.75) is 44.4 Å². The third-order valence-electron chi connectivity index (χ3n) is 5.84. The Balaban J connectivity index is 2.13. The van der Waals surface area contributed by atoms with Crippen molar-refractivity contribution in [1.29, 1.82) is 0 Å². The lowest BCUT2D eigenvalue weighted by Crippen LogP contribution is -2.37. The number of para-hydroxylation sites is 1. The summed E-state index contributed by atoms with van der Waals surface area (Å²) in [6, 6.07) is 14.7. The fraction of sp³-hybridized carbons (Fsp3) is 0.375. The van der Waals surface area contributed by atoms with Gasteiger partial charge in [-0.3, -0.25) is 0 Å². The van der Waals surface area contributed by atoms with Crippen molar-refractivity contribution in [1.82, 2.24) is 0 Å². The minimum atomic E-state index is -3.60. The highest BCUT2D eigenvalue weighted by atomic mass is 32.2. The van der Waals surface area contributed by atoms with E-state index in [9.17, 15) is 13.2 Å². The molecule has 0 radical (unpaired) electrons. The first-order valence-corrected chi connectivity index (χ1v) is 12.2. The number of hydrogen-bond acceptors (Lipinski definition) is 5. The number of rotatable bonds is 8. The highest BCUT2D eigenvalue weighted by Gasteiger charge is 2.41. The van der Waals surface area contributed by atoms with Gasteiger partial charge < -0.3 is 14.7 Å². The quantitative estimate of drug-likeness (QED) is 0.447. The number of unbranched alkanes of at least 4 members (excludes halogenated alkanes) is 1. The zero-order chi connectivity index (χ0) is 22.5. The molecule has 0 spiro atoms. The van der Waals surface area contributed by atoms with E-state index in [0.717, 1.165) is 43.7 Å². The smallest absolute Gasteiger partial charge is 0.331 e. The van der Waals surface area contributed by atoms with Gasteiger partial charge in [0.2, 0.25) is 0 Å². The van der Waals surface area contributed by atoms with Gasteiger partial charge in [0.15, 0.2) is 9.84 Å². The van der Waals surface area contributed by atoms with Crippen molar-refractivity contribution >= 4 is 27.2 Å². The molecule has 2 aromatic carbocycles. The molecule has 1 aliphatic rings. The summed E-state index contributed by atoms with van der Waals surface area (Å²) >= 11 is 0. The predicted molar refractivity (Wildman–Crippen MR) is 122 cm³/mol. The van der Waals surface area contributed by atoms with Crippen LogP contribution in [0.5, 0.6) is 5.75 Å². The number of carbonyl (C=O) groups is 1. The second kappa shape index (κ2) is 9.56. The Hall–Kier alpha value is -2.80. The maximum absolute atomic E-state index is 13.5. The van der Waals surface area contributed by atoms with Gasteiger partial charge in [-0.15, -0.1) is 0 Å². The van der Waals surface area contributed by atoms with E-state index in [4.69, 9.17) is 9.84 Å². The van der Waals surface area contributed by atoms with Gasteiger partial charge in [0, 0.05) is 23.7 Å². The number of ether oxygens (including phenoxy) is 1. The monoisotopic (exact) mass is 443 g/mol. The Morgan fingerprint density at radius 3 is 2.58 bits per heavy atom. The first-order valence-electron chi connectivity index (χ1n) is 10.6. The van der Waals surface area contributed by atoms with Gasteiger partial charge in [0.25, 0.3) is 0 Å². The van der Waals surface area contributed by atoms with Crippen LogP contribution in [0.15, 0.2) is 65.8 Å². The summed E-state index contributed by atoms with van der Waals surface area (Å²) < 4.78 is 32.5. The number of fused-ring (bicyclic) bond motifs is 1. The molecule has 1 N–H and O–H groups in total. The molecular weight excluding hydrogens is 414 g/mol. The average Bonchev–Trinajstić information content (AvgIpc) is 2.85. The summed E-state index contributed by atoms with van der Waals surface area (Å²) in [6.07, 6.45) is 5.48. The fourth-order valence-corrected chi connectivity index (χ4v) is 6.28. The van der Waals surface area contributed by atoms with E-state index in [2.05, 4.69) is 18.7 Å². The highest BCUT2D eigenvalue weighted by molar-refractivity contribution is 7.91. The van der Waals surface area contributed by atoms with E-state index >= 15 is 0 Å². The van der Waals surface area contributed by atoms with Crippen LogP contribution in [0.1, 0.15) is 39.5 Å². The molecule has 0 bridgehead atoms. The molecule has 2 aromatic rings. The molecule has 0 amide bonds. The fourth-order valence-electron chi connectivity index (χ4n) is 4.09. The lowest BCUT2D eigenvalue weighted by molar-refractivity contribution is -0.131. The predicted octanol–water partition coefficient (Wildman–Crippen LogP) is 5.18. The topological polar surface area (TPSA) is 83.9 Å². The van der Waals surface area contributed by atoms with Crippen LogP contribution in [0.3, 0.4) is 0 Å². The molecule has 0 fully saturated rings. The van der Waals surface area contributed by atoms with Gasteiger partial charge in [0.05, 0.1) is 28.7 Å². The number of anilines is 2. The minimum Gasteiger partial charge on any atom is -0.478 e. The largest absolute Gasteiger partial charge is 0.478 e. The zero-order valence-corrected chi connectivity index (χ0v) is 18.8. The number of sulfone groups is 1. The maximum Gasteiger partial charge on any atom is 0.331 e. The molecule has 0 saturated carbocycles. The Morgan fingerprint density at radius 1 is 1.19 bits per heavy atom. The number of benzene rings is 2. The molecule has 1 atom stereocenters.